The van der Waals surface area contributed by atoms with Gasteiger partial charge in [-0.3, -0.25) is 0 Å². The second kappa shape index (κ2) is 7.51. The van der Waals surface area contributed by atoms with Gasteiger partial charge in [-0.15, -0.1) is 11.3 Å². The van der Waals surface area contributed by atoms with Gasteiger partial charge in [0.25, 0.3) is 0 Å². The summed E-state index contributed by atoms with van der Waals surface area (Å²) in [7, 11) is 0. The van der Waals surface area contributed by atoms with E-state index in [9.17, 15) is 4.39 Å². The Morgan fingerprint density at radius 1 is 1.19 bits per heavy atom. The highest BCUT2D eigenvalue weighted by Gasteiger charge is 2.15. The molecule has 0 unspecified atom stereocenters. The fourth-order valence-corrected chi connectivity index (χ4v) is 4.43. The van der Waals surface area contributed by atoms with Crippen LogP contribution in [-0.2, 0) is 12.2 Å². The van der Waals surface area contributed by atoms with Crippen LogP contribution in [0.3, 0.4) is 0 Å². The van der Waals surface area contributed by atoms with Gasteiger partial charge in [-0.25, -0.2) is 14.4 Å². The van der Waals surface area contributed by atoms with Crippen molar-refractivity contribution in [2.45, 2.75) is 30.5 Å². The molecule has 4 aromatic rings. The SMILES string of the molecule is CCCc1nc(CSc2ncnc3scc(-c4ccc(F)cc4)c23)no1. The molecule has 0 aliphatic rings. The Hall–Kier alpha value is -2.32. The predicted molar refractivity (Wildman–Crippen MR) is 101 cm³/mol. The molecular formula is C18H15FN4OS2. The highest BCUT2D eigenvalue weighted by Crippen LogP contribution is 2.38. The van der Waals surface area contributed by atoms with E-state index in [1.54, 1.807) is 41.6 Å². The standard InChI is InChI=1S/C18H15FN4OS2/c1-2-3-15-22-14(23-24-15)9-26-18-16-13(8-25-17(16)20-10-21-18)11-4-6-12(19)7-5-11/h4-8,10H,2-3,9H2,1H3. The van der Waals surface area contributed by atoms with Crippen molar-refractivity contribution in [2.75, 3.05) is 0 Å². The topological polar surface area (TPSA) is 64.7 Å². The summed E-state index contributed by atoms with van der Waals surface area (Å²) in [5.41, 5.74) is 1.95. The summed E-state index contributed by atoms with van der Waals surface area (Å²) >= 11 is 3.10. The number of benzene rings is 1. The molecule has 0 aliphatic heterocycles. The molecule has 3 heterocycles. The number of rotatable bonds is 6. The molecule has 26 heavy (non-hydrogen) atoms. The van der Waals surface area contributed by atoms with Crippen LogP contribution >= 0.6 is 23.1 Å². The van der Waals surface area contributed by atoms with Crippen LogP contribution in [0.4, 0.5) is 4.39 Å². The zero-order valence-corrected chi connectivity index (χ0v) is 15.6. The smallest absolute Gasteiger partial charge is 0.226 e. The van der Waals surface area contributed by atoms with E-state index in [2.05, 4.69) is 27.0 Å². The number of halogens is 1. The summed E-state index contributed by atoms with van der Waals surface area (Å²) in [6.07, 6.45) is 3.32. The first kappa shape index (κ1) is 17.1. The molecule has 5 nitrogen and oxygen atoms in total. The Balaban J connectivity index is 1.64. The van der Waals surface area contributed by atoms with E-state index in [0.717, 1.165) is 39.2 Å². The zero-order valence-electron chi connectivity index (χ0n) is 14.0. The monoisotopic (exact) mass is 386 g/mol. The number of thiophene rings is 1. The molecule has 0 N–H and O–H groups in total. The summed E-state index contributed by atoms with van der Waals surface area (Å²) < 4.78 is 18.5. The molecule has 3 aromatic heterocycles. The molecule has 0 atom stereocenters. The van der Waals surface area contributed by atoms with E-state index >= 15 is 0 Å². The lowest BCUT2D eigenvalue weighted by atomic mass is 10.1. The fraction of sp³-hybridized carbons (Fsp3) is 0.222. The average molecular weight is 386 g/mol. The van der Waals surface area contributed by atoms with Gasteiger partial charge in [0, 0.05) is 17.4 Å². The second-order valence-electron chi connectivity index (χ2n) is 5.66. The maximum absolute atomic E-state index is 13.2. The van der Waals surface area contributed by atoms with Gasteiger partial charge in [0.15, 0.2) is 5.82 Å². The lowest BCUT2D eigenvalue weighted by Crippen LogP contribution is -1.89. The molecule has 0 amide bonds. The number of aryl methyl sites for hydroxylation is 1. The third-order valence-corrected chi connectivity index (χ3v) is 5.67. The first-order valence-corrected chi connectivity index (χ1v) is 10.0. The Kier molecular flexibility index (Phi) is 4.94. The van der Waals surface area contributed by atoms with E-state index in [1.165, 1.54) is 12.1 Å². The molecule has 0 radical (unpaired) electrons. The largest absolute Gasteiger partial charge is 0.339 e. The van der Waals surface area contributed by atoms with E-state index < -0.39 is 0 Å². The summed E-state index contributed by atoms with van der Waals surface area (Å²) in [4.78, 5) is 14.1. The van der Waals surface area contributed by atoms with Crippen molar-refractivity contribution < 1.29 is 8.91 Å². The van der Waals surface area contributed by atoms with Crippen LogP contribution in [0.15, 0.2) is 45.5 Å². The van der Waals surface area contributed by atoms with Crippen molar-refractivity contribution in [3.05, 3.63) is 53.5 Å². The van der Waals surface area contributed by atoms with E-state index in [-0.39, 0.29) is 5.82 Å². The maximum Gasteiger partial charge on any atom is 0.226 e. The molecule has 8 heteroatoms. The molecule has 4 rings (SSSR count). The second-order valence-corrected chi connectivity index (χ2v) is 7.48. The number of thioether (sulfide) groups is 1. The van der Waals surface area contributed by atoms with Crippen LogP contribution in [0.2, 0.25) is 0 Å². The van der Waals surface area contributed by atoms with Crippen molar-refractivity contribution in [1.82, 2.24) is 20.1 Å². The lowest BCUT2D eigenvalue weighted by molar-refractivity contribution is 0.373. The van der Waals surface area contributed by atoms with Crippen LogP contribution in [-0.4, -0.2) is 20.1 Å². The number of fused-ring (bicyclic) bond motifs is 1. The van der Waals surface area contributed by atoms with Crippen LogP contribution in [0, 0.1) is 5.82 Å². The number of nitrogens with zero attached hydrogens (tertiary/aromatic N) is 4. The van der Waals surface area contributed by atoms with Crippen molar-refractivity contribution in [2.24, 2.45) is 0 Å². The molecule has 0 aliphatic carbocycles. The minimum atomic E-state index is -0.251. The van der Waals surface area contributed by atoms with Gasteiger partial charge in [-0.1, -0.05) is 36.0 Å². The first-order valence-electron chi connectivity index (χ1n) is 8.17. The molecule has 132 valence electrons. The van der Waals surface area contributed by atoms with Crippen molar-refractivity contribution in [3.8, 4) is 11.1 Å². The first-order chi connectivity index (χ1) is 12.7. The molecule has 0 saturated carbocycles. The van der Waals surface area contributed by atoms with Crippen molar-refractivity contribution >= 4 is 33.3 Å². The van der Waals surface area contributed by atoms with Crippen LogP contribution in [0.5, 0.6) is 0 Å². The van der Waals surface area contributed by atoms with E-state index in [0.29, 0.717) is 17.5 Å². The van der Waals surface area contributed by atoms with Crippen LogP contribution in [0.1, 0.15) is 25.1 Å². The van der Waals surface area contributed by atoms with Crippen LogP contribution in [0.25, 0.3) is 21.3 Å². The van der Waals surface area contributed by atoms with Crippen LogP contribution < -0.4 is 0 Å². The Labute approximate surface area is 157 Å². The average Bonchev–Trinajstić information content (AvgIpc) is 3.28. The van der Waals surface area contributed by atoms with E-state index in [4.69, 9.17) is 4.52 Å². The molecule has 0 fully saturated rings. The lowest BCUT2D eigenvalue weighted by Gasteiger charge is -2.04. The third kappa shape index (κ3) is 3.47. The van der Waals surface area contributed by atoms with Gasteiger partial charge in [0.1, 0.15) is 22.0 Å². The Bertz CT molecular complexity index is 1030. The van der Waals surface area contributed by atoms with Gasteiger partial charge in [0.05, 0.1) is 11.1 Å². The number of aromatic nitrogens is 4. The molecule has 0 spiro atoms. The van der Waals surface area contributed by atoms with Gasteiger partial charge in [-0.05, 0) is 24.1 Å². The number of hydrogen-bond acceptors (Lipinski definition) is 7. The highest BCUT2D eigenvalue weighted by atomic mass is 32.2. The number of hydrogen-bond donors (Lipinski definition) is 0. The third-order valence-electron chi connectivity index (χ3n) is 3.80. The molecule has 1 aromatic carbocycles. The normalized spacial score (nSPS) is 11.3. The summed E-state index contributed by atoms with van der Waals surface area (Å²) in [6, 6.07) is 6.47. The molecular weight excluding hydrogens is 371 g/mol. The van der Waals surface area contributed by atoms with Gasteiger partial charge >= 0.3 is 0 Å². The molecule has 0 bridgehead atoms. The Morgan fingerprint density at radius 2 is 2.04 bits per heavy atom. The quantitative estimate of drug-likeness (QED) is 0.338. The molecule has 0 saturated heterocycles. The summed E-state index contributed by atoms with van der Waals surface area (Å²) in [5.74, 6) is 1.64. The Morgan fingerprint density at radius 3 is 2.85 bits per heavy atom. The van der Waals surface area contributed by atoms with E-state index in [1.807, 2.05) is 5.38 Å². The predicted octanol–water partition coefficient (Wildman–Crippen LogP) is 5.13. The maximum atomic E-state index is 13.2. The summed E-state index contributed by atoms with van der Waals surface area (Å²) in [5, 5.41) is 7.89. The van der Waals surface area contributed by atoms with Crippen molar-refractivity contribution in [3.63, 3.8) is 0 Å². The summed E-state index contributed by atoms with van der Waals surface area (Å²) in [6.45, 7) is 2.07. The van der Waals surface area contributed by atoms with Gasteiger partial charge < -0.3 is 4.52 Å². The zero-order chi connectivity index (χ0) is 17.9. The van der Waals surface area contributed by atoms with Gasteiger partial charge in [-0.2, -0.15) is 4.98 Å². The minimum absolute atomic E-state index is 0.251. The fourth-order valence-electron chi connectivity index (χ4n) is 2.60. The van der Waals surface area contributed by atoms with Crippen molar-refractivity contribution in [1.29, 1.82) is 0 Å². The minimum Gasteiger partial charge on any atom is -0.339 e. The van der Waals surface area contributed by atoms with Gasteiger partial charge in [0.2, 0.25) is 5.89 Å². The highest BCUT2D eigenvalue weighted by molar-refractivity contribution is 7.98.